The van der Waals surface area contributed by atoms with E-state index in [1.165, 1.54) is 18.1 Å². The van der Waals surface area contributed by atoms with Crippen molar-refractivity contribution >= 4 is 29.1 Å². The first-order chi connectivity index (χ1) is 18.1. The molecule has 0 unspecified atom stereocenters. The summed E-state index contributed by atoms with van der Waals surface area (Å²) in [6.45, 7) is -1.73. The Bertz CT molecular complexity index is 1370. The van der Waals surface area contributed by atoms with Gasteiger partial charge in [-0.2, -0.15) is 5.10 Å². The summed E-state index contributed by atoms with van der Waals surface area (Å²) in [5.74, 6) is 0.122. The average molecular weight is 481 g/mol. The zero-order chi connectivity index (χ0) is 27.0. The molecule has 3 heterocycles. The van der Waals surface area contributed by atoms with Crippen molar-refractivity contribution in [1.29, 1.82) is 0 Å². The SMILES string of the molecule is [2H]C([2H])([2H])NC(=O)c1nnc(N2CCN(C3CCC3)C2=O)cc1Nc1cccc(-c2ncn(C)n2)c1OC. The molecule has 3 aromatic rings. The number of nitrogens with zero attached hydrogens (tertiary/aromatic N) is 7. The van der Waals surface area contributed by atoms with Crippen LogP contribution in [0.3, 0.4) is 0 Å². The van der Waals surface area contributed by atoms with Gasteiger partial charge in [-0.1, -0.05) is 6.07 Å². The van der Waals surface area contributed by atoms with E-state index in [-0.39, 0.29) is 29.3 Å². The number of benzene rings is 1. The summed E-state index contributed by atoms with van der Waals surface area (Å²) in [6.07, 6.45) is 4.62. The Morgan fingerprint density at radius 1 is 1.23 bits per heavy atom. The number of ether oxygens (including phenoxy) is 1. The average Bonchev–Trinajstić information content (AvgIpc) is 3.42. The van der Waals surface area contributed by atoms with E-state index in [4.69, 9.17) is 8.85 Å². The van der Waals surface area contributed by atoms with Gasteiger partial charge in [0.2, 0.25) is 0 Å². The number of aryl methyl sites for hydroxylation is 1. The van der Waals surface area contributed by atoms with Crippen LogP contribution in [0.25, 0.3) is 11.4 Å². The normalized spacial score (nSPS) is 17.4. The largest absolute Gasteiger partial charge is 0.494 e. The molecular weight excluding hydrogens is 450 g/mol. The summed E-state index contributed by atoms with van der Waals surface area (Å²) in [7, 11) is 3.24. The van der Waals surface area contributed by atoms with Gasteiger partial charge in [0, 0.05) is 43.3 Å². The molecular formula is C23H27N9O3. The second-order valence-corrected chi connectivity index (χ2v) is 8.38. The van der Waals surface area contributed by atoms with Gasteiger partial charge >= 0.3 is 6.03 Å². The van der Waals surface area contributed by atoms with E-state index in [0.717, 1.165) is 19.3 Å². The van der Waals surface area contributed by atoms with E-state index in [1.807, 2.05) is 10.2 Å². The van der Waals surface area contributed by atoms with Gasteiger partial charge in [0.25, 0.3) is 5.91 Å². The van der Waals surface area contributed by atoms with Gasteiger partial charge in [-0.25, -0.2) is 9.78 Å². The molecule has 1 aromatic carbocycles. The molecule has 0 radical (unpaired) electrons. The third-order valence-electron chi connectivity index (χ3n) is 6.27. The summed E-state index contributed by atoms with van der Waals surface area (Å²) < 4.78 is 29.5. The first-order valence-electron chi connectivity index (χ1n) is 12.7. The number of urea groups is 1. The first kappa shape index (κ1) is 19.1. The van der Waals surface area contributed by atoms with Crippen molar-refractivity contribution in [2.45, 2.75) is 25.3 Å². The highest BCUT2D eigenvalue weighted by Gasteiger charge is 2.38. The Morgan fingerprint density at radius 3 is 2.77 bits per heavy atom. The van der Waals surface area contributed by atoms with Crippen molar-refractivity contribution in [2.75, 3.05) is 37.4 Å². The predicted molar refractivity (Wildman–Crippen MR) is 129 cm³/mol. The highest BCUT2D eigenvalue weighted by molar-refractivity contribution is 6.00. The topological polar surface area (TPSA) is 130 Å². The number of rotatable bonds is 7. The van der Waals surface area contributed by atoms with Gasteiger partial charge in [-0.15, -0.1) is 10.2 Å². The molecule has 1 saturated heterocycles. The van der Waals surface area contributed by atoms with E-state index < -0.39 is 12.9 Å². The minimum Gasteiger partial charge on any atom is -0.494 e. The van der Waals surface area contributed by atoms with Crippen LogP contribution in [-0.2, 0) is 7.05 Å². The van der Waals surface area contributed by atoms with E-state index in [0.29, 0.717) is 35.9 Å². The monoisotopic (exact) mass is 480 g/mol. The minimum absolute atomic E-state index is 0.149. The van der Waals surface area contributed by atoms with Gasteiger partial charge < -0.3 is 20.3 Å². The molecule has 2 fully saturated rings. The maximum Gasteiger partial charge on any atom is 0.326 e. The first-order valence-corrected chi connectivity index (χ1v) is 11.2. The number of anilines is 3. The number of aromatic nitrogens is 5. The molecule has 1 aliphatic heterocycles. The molecule has 12 heteroatoms. The molecule has 2 aromatic heterocycles. The lowest BCUT2D eigenvalue weighted by Crippen LogP contribution is -2.43. The van der Waals surface area contributed by atoms with Crippen molar-refractivity contribution in [3.05, 3.63) is 36.3 Å². The number of nitrogens with one attached hydrogen (secondary N) is 2. The van der Waals surface area contributed by atoms with Crippen LogP contribution in [0.5, 0.6) is 5.75 Å². The lowest BCUT2D eigenvalue weighted by molar-refractivity contribution is 0.0958. The number of carbonyl (C=O) groups is 2. The molecule has 0 spiro atoms. The molecule has 2 aliphatic rings. The number of hydrogen-bond donors (Lipinski definition) is 2. The fourth-order valence-corrected chi connectivity index (χ4v) is 4.28. The van der Waals surface area contributed by atoms with Gasteiger partial charge in [0.05, 0.1) is 24.0 Å². The third-order valence-corrected chi connectivity index (χ3v) is 6.27. The molecule has 1 aliphatic carbocycles. The van der Waals surface area contributed by atoms with Crippen LogP contribution in [0.4, 0.5) is 22.0 Å². The summed E-state index contributed by atoms with van der Waals surface area (Å²) in [5.41, 5.74) is 0.940. The Hall–Kier alpha value is -4.22. The second kappa shape index (κ2) is 9.20. The van der Waals surface area contributed by atoms with Crippen LogP contribution in [0.2, 0.25) is 0 Å². The molecule has 35 heavy (non-hydrogen) atoms. The zero-order valence-corrected chi connectivity index (χ0v) is 19.4. The predicted octanol–water partition coefficient (Wildman–Crippen LogP) is 2.18. The molecule has 0 atom stereocenters. The number of amides is 3. The van der Waals surface area contributed by atoms with Crippen molar-refractivity contribution < 1.29 is 18.4 Å². The van der Waals surface area contributed by atoms with E-state index >= 15 is 0 Å². The standard InChI is InChI=1S/C23H27N9O3/c1-24-22(33)19-17(12-18(27-28-19)32-11-10-31(23(32)34)14-6-4-7-14)26-16-9-5-8-15(20(16)35-3)21-25-13-30(2)29-21/h5,8-9,12-14H,4,6-7,10-11H2,1-3H3,(H,24,33)(H,26,27)/i1D3. The Labute approximate surface area is 206 Å². The van der Waals surface area contributed by atoms with E-state index in [1.54, 1.807) is 36.3 Å². The summed E-state index contributed by atoms with van der Waals surface area (Å²) in [6, 6.07) is 6.83. The molecule has 12 nitrogen and oxygen atoms in total. The lowest BCUT2D eigenvalue weighted by atomic mass is 9.92. The maximum atomic E-state index is 13.1. The third kappa shape index (κ3) is 4.11. The van der Waals surface area contributed by atoms with Gasteiger partial charge in [-0.3, -0.25) is 14.4 Å². The van der Waals surface area contributed by atoms with Gasteiger partial charge in [0.1, 0.15) is 6.33 Å². The highest BCUT2D eigenvalue weighted by atomic mass is 16.5. The van der Waals surface area contributed by atoms with Crippen LogP contribution < -0.4 is 20.3 Å². The molecule has 1 saturated carbocycles. The number of hydrogen-bond acceptors (Lipinski definition) is 8. The van der Waals surface area contributed by atoms with Crippen LogP contribution in [-0.4, -0.2) is 75.0 Å². The fourth-order valence-electron chi connectivity index (χ4n) is 4.28. The van der Waals surface area contributed by atoms with Gasteiger partial charge in [0.15, 0.2) is 23.1 Å². The molecule has 3 amide bonds. The van der Waals surface area contributed by atoms with E-state index in [9.17, 15) is 9.59 Å². The van der Waals surface area contributed by atoms with Crippen molar-refractivity contribution in [3.63, 3.8) is 0 Å². The molecule has 2 N–H and O–H groups in total. The Balaban J connectivity index is 1.52. The summed E-state index contributed by atoms with van der Waals surface area (Å²) in [4.78, 5) is 33.6. The molecule has 5 rings (SSSR count). The zero-order valence-electron chi connectivity index (χ0n) is 22.4. The Morgan fingerprint density at radius 2 is 2.09 bits per heavy atom. The van der Waals surface area contributed by atoms with Crippen LogP contribution in [0, 0.1) is 0 Å². The summed E-state index contributed by atoms with van der Waals surface area (Å²) in [5, 5.41) is 17.5. The smallest absolute Gasteiger partial charge is 0.326 e. The van der Waals surface area contributed by atoms with Crippen molar-refractivity contribution in [3.8, 4) is 17.1 Å². The second-order valence-electron chi connectivity index (χ2n) is 8.38. The maximum absolute atomic E-state index is 13.1. The van der Waals surface area contributed by atoms with Crippen molar-refractivity contribution in [2.24, 2.45) is 7.05 Å². The molecule has 182 valence electrons. The number of methoxy groups -OCH3 is 1. The van der Waals surface area contributed by atoms with Crippen LogP contribution in [0.1, 0.15) is 33.9 Å². The van der Waals surface area contributed by atoms with Crippen LogP contribution in [0.15, 0.2) is 30.6 Å². The van der Waals surface area contributed by atoms with Gasteiger partial charge in [-0.05, 0) is 31.4 Å². The van der Waals surface area contributed by atoms with E-state index in [2.05, 4.69) is 25.6 Å². The molecule has 0 bridgehead atoms. The quantitative estimate of drug-likeness (QED) is 0.526. The number of carbonyl (C=O) groups excluding carboxylic acids is 2. The Kier molecular flexibility index (Phi) is 5.03. The number of para-hydroxylation sites is 1. The summed E-state index contributed by atoms with van der Waals surface area (Å²) >= 11 is 0. The minimum atomic E-state index is -2.73. The lowest BCUT2D eigenvalue weighted by Gasteiger charge is -2.34. The highest BCUT2D eigenvalue weighted by Crippen LogP contribution is 2.37. The fraction of sp³-hybridized carbons (Fsp3) is 0.391. The van der Waals surface area contributed by atoms with Crippen LogP contribution >= 0.6 is 0 Å². The van der Waals surface area contributed by atoms with Crippen molar-refractivity contribution in [1.82, 2.24) is 35.2 Å².